The van der Waals surface area contributed by atoms with Crippen LogP contribution in [0, 0.1) is 5.92 Å². The number of nitrogens with one attached hydrogen (secondary N) is 1. The maximum atomic E-state index is 11.8. The van der Waals surface area contributed by atoms with Gasteiger partial charge in [-0.05, 0) is 50.8 Å². The molecule has 2 N–H and O–H groups in total. The second-order valence-electron chi connectivity index (χ2n) is 5.89. The molecule has 0 saturated heterocycles. The molecule has 0 aliphatic heterocycles. The molecule has 0 bridgehead atoms. The standard InChI is InChI=1S/C18H27NO4/c1-13(18(21)22)14(2)19-17(20)8-6-4-5-7-15-9-11-16(23-3)12-10-15/h9-14H,4-8H2,1-3H3,(H,19,20)(H,21,22). The van der Waals surface area contributed by atoms with Crippen molar-refractivity contribution >= 4 is 11.9 Å². The van der Waals surface area contributed by atoms with Gasteiger partial charge in [0, 0.05) is 12.5 Å². The molecule has 1 aromatic rings. The molecule has 2 unspecified atom stereocenters. The third-order valence-corrected chi connectivity index (χ3v) is 4.06. The lowest BCUT2D eigenvalue weighted by Crippen LogP contribution is -2.39. The Morgan fingerprint density at radius 2 is 1.78 bits per heavy atom. The molecule has 5 heteroatoms. The third-order valence-electron chi connectivity index (χ3n) is 4.06. The van der Waals surface area contributed by atoms with Gasteiger partial charge in [-0.15, -0.1) is 0 Å². The van der Waals surface area contributed by atoms with Crippen molar-refractivity contribution in [2.75, 3.05) is 7.11 Å². The molecule has 1 rings (SSSR count). The fourth-order valence-electron chi connectivity index (χ4n) is 2.25. The summed E-state index contributed by atoms with van der Waals surface area (Å²) in [7, 11) is 1.65. The lowest BCUT2D eigenvalue weighted by molar-refractivity contribution is -0.142. The number of hydrogen-bond acceptors (Lipinski definition) is 3. The number of rotatable bonds is 10. The van der Waals surface area contributed by atoms with Crippen LogP contribution < -0.4 is 10.1 Å². The third kappa shape index (κ3) is 7.17. The first kappa shape index (κ1) is 19.0. The number of carbonyl (C=O) groups excluding carboxylic acids is 1. The van der Waals surface area contributed by atoms with Gasteiger partial charge in [-0.25, -0.2) is 0 Å². The summed E-state index contributed by atoms with van der Waals surface area (Å²) in [6.45, 7) is 3.32. The summed E-state index contributed by atoms with van der Waals surface area (Å²) in [6, 6.07) is 7.67. The van der Waals surface area contributed by atoms with E-state index in [-0.39, 0.29) is 11.9 Å². The summed E-state index contributed by atoms with van der Waals surface area (Å²) in [6.07, 6.45) is 4.25. The zero-order chi connectivity index (χ0) is 17.2. The monoisotopic (exact) mass is 321 g/mol. The van der Waals surface area contributed by atoms with Gasteiger partial charge in [0.15, 0.2) is 0 Å². The Labute approximate surface area is 138 Å². The summed E-state index contributed by atoms with van der Waals surface area (Å²) in [5.74, 6) is -0.684. The Bertz CT molecular complexity index is 498. The highest BCUT2D eigenvalue weighted by atomic mass is 16.5. The van der Waals surface area contributed by atoms with Crippen LogP contribution in [-0.4, -0.2) is 30.1 Å². The average Bonchev–Trinajstić information content (AvgIpc) is 2.54. The number of ether oxygens (including phenoxy) is 1. The predicted octanol–water partition coefficient (Wildman–Crippen LogP) is 3.02. The quantitative estimate of drug-likeness (QED) is 0.650. The van der Waals surface area contributed by atoms with E-state index < -0.39 is 11.9 Å². The molecule has 0 radical (unpaired) electrons. The zero-order valence-corrected chi connectivity index (χ0v) is 14.2. The summed E-state index contributed by atoms with van der Waals surface area (Å²) < 4.78 is 5.12. The van der Waals surface area contributed by atoms with Gasteiger partial charge >= 0.3 is 5.97 Å². The highest BCUT2D eigenvalue weighted by Gasteiger charge is 2.20. The largest absolute Gasteiger partial charge is 0.497 e. The molecule has 0 aliphatic rings. The lowest BCUT2D eigenvalue weighted by Gasteiger charge is -2.17. The normalized spacial score (nSPS) is 13.2. The van der Waals surface area contributed by atoms with E-state index in [4.69, 9.17) is 9.84 Å². The van der Waals surface area contributed by atoms with Crippen LogP contribution in [0.15, 0.2) is 24.3 Å². The minimum atomic E-state index is -0.891. The van der Waals surface area contributed by atoms with E-state index in [0.29, 0.717) is 6.42 Å². The first-order valence-corrected chi connectivity index (χ1v) is 8.09. The smallest absolute Gasteiger partial charge is 0.308 e. The Morgan fingerprint density at radius 3 is 2.35 bits per heavy atom. The molecule has 0 heterocycles. The van der Waals surface area contributed by atoms with Gasteiger partial charge in [-0.2, -0.15) is 0 Å². The molecule has 0 spiro atoms. The van der Waals surface area contributed by atoms with Crippen LogP contribution >= 0.6 is 0 Å². The summed E-state index contributed by atoms with van der Waals surface area (Å²) >= 11 is 0. The summed E-state index contributed by atoms with van der Waals surface area (Å²) in [5, 5.41) is 11.6. The number of amides is 1. The van der Waals surface area contributed by atoms with E-state index in [2.05, 4.69) is 17.4 Å². The molecule has 0 fully saturated rings. The van der Waals surface area contributed by atoms with Crippen molar-refractivity contribution in [2.45, 2.75) is 52.0 Å². The minimum Gasteiger partial charge on any atom is -0.497 e. The summed E-state index contributed by atoms with van der Waals surface area (Å²) in [4.78, 5) is 22.6. The van der Waals surface area contributed by atoms with Crippen molar-refractivity contribution in [3.05, 3.63) is 29.8 Å². The van der Waals surface area contributed by atoms with Crippen molar-refractivity contribution in [1.82, 2.24) is 5.32 Å². The topological polar surface area (TPSA) is 75.6 Å². The van der Waals surface area contributed by atoms with Crippen LogP contribution in [-0.2, 0) is 16.0 Å². The minimum absolute atomic E-state index is 0.0740. The maximum Gasteiger partial charge on any atom is 0.308 e. The fourth-order valence-corrected chi connectivity index (χ4v) is 2.25. The Morgan fingerprint density at radius 1 is 1.13 bits per heavy atom. The number of unbranched alkanes of at least 4 members (excludes halogenated alkanes) is 2. The molecular formula is C18H27NO4. The molecule has 5 nitrogen and oxygen atoms in total. The zero-order valence-electron chi connectivity index (χ0n) is 14.2. The average molecular weight is 321 g/mol. The van der Waals surface area contributed by atoms with Crippen LogP contribution in [0.5, 0.6) is 5.75 Å². The van der Waals surface area contributed by atoms with Crippen LogP contribution in [0.25, 0.3) is 0 Å². The number of aryl methyl sites for hydroxylation is 1. The second-order valence-corrected chi connectivity index (χ2v) is 5.89. The van der Waals surface area contributed by atoms with Crippen molar-refractivity contribution in [1.29, 1.82) is 0 Å². The van der Waals surface area contributed by atoms with Crippen molar-refractivity contribution in [3.8, 4) is 5.75 Å². The Hall–Kier alpha value is -2.04. The van der Waals surface area contributed by atoms with E-state index in [1.165, 1.54) is 5.56 Å². The molecule has 1 amide bonds. The molecule has 2 atom stereocenters. The molecule has 1 aromatic carbocycles. The number of carbonyl (C=O) groups is 2. The number of carboxylic acid groups (broad SMARTS) is 1. The number of methoxy groups -OCH3 is 1. The van der Waals surface area contributed by atoms with E-state index in [1.807, 2.05) is 12.1 Å². The van der Waals surface area contributed by atoms with E-state index in [9.17, 15) is 9.59 Å². The van der Waals surface area contributed by atoms with E-state index in [0.717, 1.165) is 31.4 Å². The van der Waals surface area contributed by atoms with E-state index in [1.54, 1.807) is 21.0 Å². The Kier molecular flexibility index (Phi) is 8.16. The van der Waals surface area contributed by atoms with Crippen LogP contribution in [0.2, 0.25) is 0 Å². The lowest BCUT2D eigenvalue weighted by atomic mass is 10.0. The van der Waals surface area contributed by atoms with E-state index >= 15 is 0 Å². The highest BCUT2D eigenvalue weighted by molar-refractivity contribution is 5.77. The van der Waals surface area contributed by atoms with Gasteiger partial charge < -0.3 is 15.2 Å². The molecular weight excluding hydrogens is 294 g/mol. The van der Waals surface area contributed by atoms with Crippen LogP contribution in [0.1, 0.15) is 45.1 Å². The van der Waals surface area contributed by atoms with Gasteiger partial charge in [0.25, 0.3) is 0 Å². The number of hydrogen-bond donors (Lipinski definition) is 2. The van der Waals surface area contributed by atoms with Gasteiger partial charge in [0.05, 0.1) is 13.0 Å². The number of carboxylic acids is 1. The SMILES string of the molecule is COc1ccc(CCCCCC(=O)NC(C)C(C)C(=O)O)cc1. The molecule has 128 valence electrons. The first-order chi connectivity index (χ1) is 10.9. The van der Waals surface area contributed by atoms with Gasteiger partial charge in [0.1, 0.15) is 5.75 Å². The second kappa shape index (κ2) is 9.87. The van der Waals surface area contributed by atoms with Gasteiger partial charge in [-0.3, -0.25) is 9.59 Å². The first-order valence-electron chi connectivity index (χ1n) is 8.09. The number of aliphatic carboxylic acids is 1. The van der Waals surface area contributed by atoms with Crippen LogP contribution in [0.3, 0.4) is 0 Å². The van der Waals surface area contributed by atoms with Crippen molar-refractivity contribution in [2.24, 2.45) is 5.92 Å². The van der Waals surface area contributed by atoms with Crippen molar-refractivity contribution < 1.29 is 19.4 Å². The maximum absolute atomic E-state index is 11.8. The van der Waals surface area contributed by atoms with Crippen molar-refractivity contribution in [3.63, 3.8) is 0 Å². The van der Waals surface area contributed by atoms with Gasteiger partial charge in [0.2, 0.25) is 5.91 Å². The van der Waals surface area contributed by atoms with Crippen LogP contribution in [0.4, 0.5) is 0 Å². The fraction of sp³-hybridized carbons (Fsp3) is 0.556. The molecule has 0 saturated carbocycles. The Balaban J connectivity index is 2.16. The van der Waals surface area contributed by atoms with Gasteiger partial charge in [-0.1, -0.05) is 18.6 Å². The molecule has 23 heavy (non-hydrogen) atoms. The predicted molar refractivity (Wildman–Crippen MR) is 89.6 cm³/mol. The number of benzene rings is 1. The summed E-state index contributed by atoms with van der Waals surface area (Å²) in [5.41, 5.74) is 1.26. The highest BCUT2D eigenvalue weighted by Crippen LogP contribution is 2.14. The molecule has 0 aliphatic carbocycles. The molecule has 0 aromatic heterocycles.